The number of esters is 1. The van der Waals surface area contributed by atoms with Gasteiger partial charge in [-0.15, -0.1) is 0 Å². The van der Waals surface area contributed by atoms with E-state index >= 15 is 0 Å². The molecule has 0 fully saturated rings. The first-order chi connectivity index (χ1) is 7.54. The van der Waals surface area contributed by atoms with E-state index in [9.17, 15) is 9.59 Å². The highest BCUT2D eigenvalue weighted by atomic mass is 35.5. The van der Waals surface area contributed by atoms with Crippen LogP contribution in [-0.4, -0.2) is 32.7 Å². The maximum absolute atomic E-state index is 11.6. The first-order valence-electron chi connectivity index (χ1n) is 4.27. The number of methoxy groups -OCH3 is 1. The highest BCUT2D eigenvalue weighted by molar-refractivity contribution is 6.31. The summed E-state index contributed by atoms with van der Waals surface area (Å²) in [4.78, 5) is 30.6. The Labute approximate surface area is 94.0 Å². The fourth-order valence-corrected chi connectivity index (χ4v) is 1.31. The Morgan fingerprint density at radius 1 is 1.50 bits per heavy atom. The molecule has 0 aromatic carbocycles. The molecule has 0 aliphatic heterocycles. The molecule has 2 aromatic rings. The molecule has 84 valence electrons. The van der Waals surface area contributed by atoms with Crippen molar-refractivity contribution in [3.63, 3.8) is 0 Å². The Hall–Kier alpha value is -1.89. The molecule has 2 rings (SSSR count). The van der Waals surface area contributed by atoms with Gasteiger partial charge in [0.15, 0.2) is 0 Å². The van der Waals surface area contributed by atoms with E-state index < -0.39 is 11.5 Å². The molecule has 0 saturated carbocycles. The Bertz CT molecular complexity index is 630. The molecule has 8 heteroatoms. The number of H-pyrrole nitrogens is 1. The largest absolute Gasteiger partial charge is 0.463 e. The number of aromatic nitrogens is 4. The molecule has 0 saturated heterocycles. The van der Waals surface area contributed by atoms with Gasteiger partial charge in [0, 0.05) is 0 Å². The SMILES string of the molecule is COC(=O)c1nc2nc(C)c(Cl)c(=O)n2[nH]1. The number of carbonyl (C=O) groups excluding carboxylic acids is 1. The third-order valence-electron chi connectivity index (χ3n) is 1.98. The standard InChI is InChI=1S/C8H7ClN4O3/c1-3-4(9)6(14)13-8(10-3)11-5(12-13)7(15)16-2/h1-2H3,(H,10,11,12). The second-order valence-electron chi connectivity index (χ2n) is 3.02. The Kier molecular flexibility index (Phi) is 2.39. The van der Waals surface area contributed by atoms with Crippen molar-refractivity contribution in [2.24, 2.45) is 0 Å². The summed E-state index contributed by atoms with van der Waals surface area (Å²) in [5, 5.41) is 2.44. The number of aromatic amines is 1. The minimum absolute atomic E-state index is 0.0161. The van der Waals surface area contributed by atoms with Crippen LogP contribution in [0.4, 0.5) is 0 Å². The fraction of sp³-hybridized carbons (Fsp3) is 0.250. The van der Waals surface area contributed by atoms with Crippen LogP contribution in [0.15, 0.2) is 4.79 Å². The van der Waals surface area contributed by atoms with E-state index in [1.54, 1.807) is 6.92 Å². The van der Waals surface area contributed by atoms with Crippen LogP contribution in [0.1, 0.15) is 16.3 Å². The zero-order valence-corrected chi connectivity index (χ0v) is 9.20. The average Bonchev–Trinajstić information content (AvgIpc) is 2.69. The highest BCUT2D eigenvalue weighted by Crippen LogP contribution is 2.07. The number of rotatable bonds is 1. The first-order valence-corrected chi connectivity index (χ1v) is 4.65. The molecule has 0 spiro atoms. The third kappa shape index (κ3) is 1.45. The van der Waals surface area contributed by atoms with Crippen LogP contribution in [0.2, 0.25) is 5.02 Å². The van der Waals surface area contributed by atoms with E-state index in [0.29, 0.717) is 5.69 Å². The van der Waals surface area contributed by atoms with E-state index in [2.05, 4.69) is 19.8 Å². The van der Waals surface area contributed by atoms with Gasteiger partial charge in [-0.05, 0) is 6.92 Å². The fourth-order valence-electron chi connectivity index (χ4n) is 1.19. The topological polar surface area (TPSA) is 89.3 Å². The van der Waals surface area contributed by atoms with Crippen molar-refractivity contribution >= 4 is 23.3 Å². The molecule has 0 atom stereocenters. The summed E-state index contributed by atoms with van der Waals surface area (Å²) in [6.07, 6.45) is 0. The number of ether oxygens (including phenoxy) is 1. The number of carbonyl (C=O) groups is 1. The second-order valence-corrected chi connectivity index (χ2v) is 3.39. The zero-order chi connectivity index (χ0) is 11.9. The highest BCUT2D eigenvalue weighted by Gasteiger charge is 2.15. The molecule has 0 aliphatic rings. The Balaban J connectivity index is 2.76. The molecule has 16 heavy (non-hydrogen) atoms. The molecule has 1 N–H and O–H groups in total. The average molecular weight is 243 g/mol. The molecular formula is C8H7ClN4O3. The van der Waals surface area contributed by atoms with Gasteiger partial charge < -0.3 is 4.74 Å². The summed E-state index contributed by atoms with van der Waals surface area (Å²) in [5.41, 5.74) is -0.151. The minimum atomic E-state index is -0.682. The lowest BCUT2D eigenvalue weighted by Gasteiger charge is -1.95. The van der Waals surface area contributed by atoms with Crippen LogP contribution in [0.5, 0.6) is 0 Å². The number of nitrogens with zero attached hydrogens (tertiary/aromatic N) is 3. The van der Waals surface area contributed by atoms with Crippen molar-refractivity contribution in [3.8, 4) is 0 Å². The van der Waals surface area contributed by atoms with Crippen LogP contribution in [0.3, 0.4) is 0 Å². The van der Waals surface area contributed by atoms with Gasteiger partial charge in [0.1, 0.15) is 5.02 Å². The van der Waals surface area contributed by atoms with Crippen molar-refractivity contribution in [1.82, 2.24) is 19.6 Å². The maximum atomic E-state index is 11.6. The van der Waals surface area contributed by atoms with Crippen molar-refractivity contribution < 1.29 is 9.53 Å². The molecule has 2 aromatic heterocycles. The van der Waals surface area contributed by atoms with Gasteiger partial charge in [-0.1, -0.05) is 11.6 Å². The summed E-state index contributed by atoms with van der Waals surface area (Å²) in [7, 11) is 1.21. The van der Waals surface area contributed by atoms with Crippen LogP contribution < -0.4 is 5.56 Å². The van der Waals surface area contributed by atoms with Gasteiger partial charge in [0.2, 0.25) is 5.82 Å². The minimum Gasteiger partial charge on any atom is -0.463 e. The van der Waals surface area contributed by atoms with Crippen LogP contribution >= 0.6 is 11.6 Å². The number of hydrogen-bond acceptors (Lipinski definition) is 5. The van der Waals surface area contributed by atoms with E-state index in [0.717, 1.165) is 4.52 Å². The van der Waals surface area contributed by atoms with Gasteiger partial charge in [-0.2, -0.15) is 9.50 Å². The molecule has 0 aliphatic carbocycles. The molecule has 0 amide bonds. The molecule has 7 nitrogen and oxygen atoms in total. The van der Waals surface area contributed by atoms with Crippen LogP contribution in [-0.2, 0) is 4.74 Å². The summed E-state index contributed by atoms with van der Waals surface area (Å²) >= 11 is 5.72. The Morgan fingerprint density at radius 2 is 2.19 bits per heavy atom. The van der Waals surface area contributed by atoms with E-state index in [1.165, 1.54) is 7.11 Å². The van der Waals surface area contributed by atoms with Crippen LogP contribution in [0, 0.1) is 6.92 Å². The quantitative estimate of drug-likeness (QED) is 0.720. The van der Waals surface area contributed by atoms with Gasteiger partial charge in [0.05, 0.1) is 12.8 Å². The first kappa shape index (κ1) is 10.6. The number of nitrogens with one attached hydrogen (secondary N) is 1. The molecule has 0 radical (unpaired) electrons. The summed E-state index contributed by atoms with van der Waals surface area (Å²) < 4.78 is 5.45. The van der Waals surface area contributed by atoms with Crippen LogP contribution in [0.25, 0.3) is 5.78 Å². The van der Waals surface area contributed by atoms with Gasteiger partial charge >= 0.3 is 5.97 Å². The van der Waals surface area contributed by atoms with E-state index in [1.807, 2.05) is 0 Å². The van der Waals surface area contributed by atoms with Gasteiger partial charge in [0.25, 0.3) is 11.3 Å². The summed E-state index contributed by atoms with van der Waals surface area (Å²) in [6, 6.07) is 0. The van der Waals surface area contributed by atoms with Crippen molar-refractivity contribution in [3.05, 3.63) is 26.9 Å². The molecular weight excluding hydrogens is 236 g/mol. The monoisotopic (exact) mass is 242 g/mol. The lowest BCUT2D eigenvalue weighted by molar-refractivity contribution is 0.0587. The number of aryl methyl sites for hydroxylation is 1. The molecule has 2 heterocycles. The summed E-state index contributed by atoms with van der Waals surface area (Å²) in [6.45, 7) is 1.58. The van der Waals surface area contributed by atoms with Gasteiger partial charge in [-0.25, -0.2) is 9.78 Å². The Morgan fingerprint density at radius 3 is 2.81 bits per heavy atom. The zero-order valence-electron chi connectivity index (χ0n) is 8.44. The lowest BCUT2D eigenvalue weighted by Crippen LogP contribution is -2.17. The maximum Gasteiger partial charge on any atom is 0.375 e. The predicted molar refractivity (Wildman–Crippen MR) is 54.7 cm³/mol. The summed E-state index contributed by atoms with van der Waals surface area (Å²) in [5.74, 6) is -0.709. The van der Waals surface area contributed by atoms with Gasteiger partial charge in [-0.3, -0.25) is 9.89 Å². The molecule has 0 bridgehead atoms. The normalized spacial score (nSPS) is 10.7. The van der Waals surface area contributed by atoms with E-state index in [-0.39, 0.29) is 16.6 Å². The number of fused-ring (bicyclic) bond motifs is 1. The molecule has 0 unspecified atom stereocenters. The van der Waals surface area contributed by atoms with E-state index in [4.69, 9.17) is 11.6 Å². The van der Waals surface area contributed by atoms with Crippen molar-refractivity contribution in [1.29, 1.82) is 0 Å². The number of hydrogen-bond donors (Lipinski definition) is 1. The predicted octanol–water partition coefficient (Wildman–Crippen LogP) is 0.166. The number of halogens is 1. The second kappa shape index (κ2) is 3.60. The van der Waals surface area contributed by atoms with Crippen molar-refractivity contribution in [2.45, 2.75) is 6.92 Å². The smallest absolute Gasteiger partial charge is 0.375 e. The third-order valence-corrected chi connectivity index (χ3v) is 2.42. The lowest BCUT2D eigenvalue weighted by atomic mass is 10.4. The van der Waals surface area contributed by atoms with Crippen molar-refractivity contribution in [2.75, 3.05) is 7.11 Å².